The molecule has 1 rings (SSSR count). The van der Waals surface area contributed by atoms with E-state index < -0.39 is 5.38 Å². The van der Waals surface area contributed by atoms with Crippen molar-refractivity contribution in [3.05, 3.63) is 29.3 Å². The largest absolute Gasteiger partial charge is 0.374 e. The number of halogens is 1. The van der Waals surface area contributed by atoms with Crippen LogP contribution in [0.5, 0.6) is 0 Å². The van der Waals surface area contributed by atoms with Crippen LogP contribution in [0.25, 0.3) is 0 Å². The number of nitrogens with zero attached hydrogens (tertiary/aromatic N) is 2. The number of oxime groups is 1. The number of carbonyl (C=O) groups is 1. The molecule has 0 radical (unpaired) electrons. The molecule has 0 heterocycles. The highest BCUT2D eigenvalue weighted by molar-refractivity contribution is 6.32. The van der Waals surface area contributed by atoms with E-state index in [1.54, 1.807) is 18.7 Å². The molecule has 0 N–H and O–H groups in total. The van der Waals surface area contributed by atoms with Crippen LogP contribution in [0.3, 0.4) is 0 Å². The molecule has 0 aliphatic rings. The zero-order chi connectivity index (χ0) is 15.8. The molecule has 116 valence electrons. The van der Waals surface area contributed by atoms with E-state index in [1.807, 2.05) is 6.07 Å². The minimum atomic E-state index is -0.616. The smallest absolute Gasteiger partial charge is 0.247 e. The summed E-state index contributed by atoms with van der Waals surface area (Å²) in [6.45, 7) is 7.61. The van der Waals surface area contributed by atoms with E-state index in [1.165, 1.54) is 11.8 Å². The molecule has 0 aliphatic heterocycles. The topological polar surface area (TPSA) is 41.9 Å². The van der Waals surface area contributed by atoms with Crippen LogP contribution >= 0.6 is 11.6 Å². The minimum Gasteiger partial charge on any atom is -0.374 e. The van der Waals surface area contributed by atoms with Gasteiger partial charge in [0.15, 0.2) is 6.73 Å². The van der Waals surface area contributed by atoms with Gasteiger partial charge in [0.2, 0.25) is 5.91 Å². The Balaban J connectivity index is 3.19. The molecular formula is C16H23ClN2O2. The summed E-state index contributed by atoms with van der Waals surface area (Å²) >= 11 is 5.97. The normalized spacial score (nSPS) is 12.4. The Morgan fingerprint density at radius 3 is 2.67 bits per heavy atom. The highest BCUT2D eigenvalue weighted by Gasteiger charge is 2.23. The maximum absolute atomic E-state index is 12.4. The first-order valence-corrected chi connectivity index (χ1v) is 7.65. The van der Waals surface area contributed by atoms with Crippen molar-refractivity contribution in [3.63, 3.8) is 0 Å². The first kappa shape index (κ1) is 17.5. The van der Waals surface area contributed by atoms with Gasteiger partial charge in [0, 0.05) is 6.21 Å². The van der Waals surface area contributed by atoms with Gasteiger partial charge in [-0.2, -0.15) is 0 Å². The summed E-state index contributed by atoms with van der Waals surface area (Å²) in [7, 11) is 0. The molecule has 1 aromatic carbocycles. The second-order valence-electron chi connectivity index (χ2n) is 4.67. The van der Waals surface area contributed by atoms with Crippen LogP contribution < -0.4 is 4.90 Å². The number of aryl methyl sites for hydroxylation is 2. The first-order valence-electron chi connectivity index (χ1n) is 7.22. The van der Waals surface area contributed by atoms with E-state index in [0.29, 0.717) is 0 Å². The number of hydrogen-bond acceptors (Lipinski definition) is 3. The van der Waals surface area contributed by atoms with Gasteiger partial charge >= 0.3 is 0 Å². The molecule has 1 aromatic rings. The number of rotatable bonds is 7. The Hall–Kier alpha value is -1.55. The van der Waals surface area contributed by atoms with Gasteiger partial charge < -0.3 is 4.84 Å². The summed E-state index contributed by atoms with van der Waals surface area (Å²) in [6.07, 6.45) is 3.27. The Labute approximate surface area is 131 Å². The summed E-state index contributed by atoms with van der Waals surface area (Å²) in [6, 6.07) is 6.16. The van der Waals surface area contributed by atoms with Crippen LogP contribution in [0.1, 0.15) is 38.8 Å². The lowest BCUT2D eigenvalue weighted by molar-refractivity contribution is -0.119. The van der Waals surface area contributed by atoms with Gasteiger partial charge in [0.05, 0.1) is 5.69 Å². The number of hydrogen-bond donors (Lipinski definition) is 0. The number of anilines is 1. The zero-order valence-electron chi connectivity index (χ0n) is 13.1. The molecule has 0 aliphatic carbocycles. The van der Waals surface area contributed by atoms with Gasteiger partial charge in [0.25, 0.3) is 0 Å². The Morgan fingerprint density at radius 2 is 2.14 bits per heavy atom. The maximum atomic E-state index is 12.4. The van der Waals surface area contributed by atoms with E-state index >= 15 is 0 Å². The van der Waals surface area contributed by atoms with E-state index in [4.69, 9.17) is 16.4 Å². The van der Waals surface area contributed by atoms with Crippen molar-refractivity contribution in [1.82, 2.24) is 0 Å². The zero-order valence-corrected chi connectivity index (χ0v) is 13.9. The third-order valence-electron chi connectivity index (χ3n) is 3.20. The van der Waals surface area contributed by atoms with Gasteiger partial charge in [-0.25, -0.2) is 0 Å². The van der Waals surface area contributed by atoms with Crippen molar-refractivity contribution >= 4 is 29.4 Å². The molecule has 0 bridgehead atoms. The molecule has 0 fully saturated rings. The third-order valence-corrected chi connectivity index (χ3v) is 3.39. The van der Waals surface area contributed by atoms with Gasteiger partial charge in [-0.3, -0.25) is 9.69 Å². The third kappa shape index (κ3) is 4.74. The van der Waals surface area contributed by atoms with Crippen LogP contribution in [-0.4, -0.2) is 24.2 Å². The maximum Gasteiger partial charge on any atom is 0.247 e. The molecule has 0 saturated carbocycles. The second-order valence-corrected chi connectivity index (χ2v) is 5.33. The SMILES string of the molecule is CC=NOCN(C(=O)C(C)Cl)c1cc(CC)ccc1CC. The van der Waals surface area contributed by atoms with E-state index in [0.717, 1.165) is 24.1 Å². The van der Waals surface area contributed by atoms with Crippen molar-refractivity contribution in [2.45, 2.75) is 45.9 Å². The van der Waals surface area contributed by atoms with Crippen molar-refractivity contribution in [1.29, 1.82) is 0 Å². The monoisotopic (exact) mass is 310 g/mol. The fourth-order valence-corrected chi connectivity index (χ4v) is 2.13. The lowest BCUT2D eigenvalue weighted by atomic mass is 10.0. The van der Waals surface area contributed by atoms with Gasteiger partial charge in [-0.15, -0.1) is 11.6 Å². The second kappa shape index (κ2) is 8.67. The number of alkyl halides is 1. The Bertz CT molecular complexity index is 501. The van der Waals surface area contributed by atoms with Crippen LogP contribution in [0.4, 0.5) is 5.69 Å². The van der Waals surface area contributed by atoms with Gasteiger partial charge in [-0.05, 0) is 43.9 Å². The summed E-state index contributed by atoms with van der Waals surface area (Å²) in [5.74, 6) is -0.189. The van der Waals surface area contributed by atoms with Crippen molar-refractivity contribution in [2.75, 3.05) is 11.6 Å². The predicted octanol–water partition coefficient (Wildman–Crippen LogP) is 3.75. The number of benzene rings is 1. The molecule has 4 nitrogen and oxygen atoms in total. The fraction of sp³-hybridized carbons (Fsp3) is 0.500. The van der Waals surface area contributed by atoms with E-state index in [2.05, 4.69) is 31.1 Å². The average molecular weight is 311 g/mol. The average Bonchev–Trinajstić information content (AvgIpc) is 2.50. The quantitative estimate of drug-likeness (QED) is 0.333. The predicted molar refractivity (Wildman–Crippen MR) is 88.1 cm³/mol. The lowest BCUT2D eigenvalue weighted by Gasteiger charge is -2.25. The fourth-order valence-electron chi connectivity index (χ4n) is 2.01. The van der Waals surface area contributed by atoms with Crippen LogP contribution in [0, 0.1) is 0 Å². The molecule has 1 amide bonds. The van der Waals surface area contributed by atoms with E-state index in [9.17, 15) is 4.79 Å². The molecule has 1 atom stereocenters. The Kier molecular flexibility index (Phi) is 7.23. The Morgan fingerprint density at radius 1 is 1.43 bits per heavy atom. The molecular weight excluding hydrogens is 288 g/mol. The molecule has 21 heavy (non-hydrogen) atoms. The number of amides is 1. The minimum absolute atomic E-state index is 0.0560. The standard InChI is InChI=1S/C16H23ClN2O2/c1-5-13-8-9-14(6-2)15(10-13)19(11-21-18-7-3)16(20)12(4)17/h7-10,12H,5-6,11H2,1-4H3. The van der Waals surface area contributed by atoms with Crippen molar-refractivity contribution < 1.29 is 9.63 Å². The molecule has 0 saturated heterocycles. The van der Waals surface area contributed by atoms with Crippen LogP contribution in [0.2, 0.25) is 0 Å². The lowest BCUT2D eigenvalue weighted by Crippen LogP contribution is -2.37. The number of carbonyl (C=O) groups excluding carboxylic acids is 1. The first-order chi connectivity index (χ1) is 10.0. The van der Waals surface area contributed by atoms with Crippen molar-refractivity contribution in [3.8, 4) is 0 Å². The van der Waals surface area contributed by atoms with Gasteiger partial charge in [0.1, 0.15) is 5.38 Å². The molecule has 5 heteroatoms. The summed E-state index contributed by atoms with van der Waals surface area (Å²) < 4.78 is 0. The molecule has 0 aromatic heterocycles. The van der Waals surface area contributed by atoms with Crippen LogP contribution in [0.15, 0.2) is 23.4 Å². The summed E-state index contributed by atoms with van der Waals surface area (Å²) in [4.78, 5) is 19.1. The highest BCUT2D eigenvalue weighted by atomic mass is 35.5. The summed E-state index contributed by atoms with van der Waals surface area (Å²) in [5.41, 5.74) is 3.10. The highest BCUT2D eigenvalue weighted by Crippen LogP contribution is 2.25. The van der Waals surface area contributed by atoms with Crippen molar-refractivity contribution in [2.24, 2.45) is 5.16 Å². The van der Waals surface area contributed by atoms with Gasteiger partial charge in [-0.1, -0.05) is 31.1 Å². The summed E-state index contributed by atoms with van der Waals surface area (Å²) in [5, 5.41) is 3.10. The van der Waals surface area contributed by atoms with E-state index in [-0.39, 0.29) is 12.6 Å². The molecule has 0 spiro atoms. The molecule has 1 unspecified atom stereocenters. The van der Waals surface area contributed by atoms with Crippen LogP contribution in [-0.2, 0) is 22.5 Å².